The second-order valence-electron chi connectivity index (χ2n) is 7.72. The Hall–Kier alpha value is -4.72. The van der Waals surface area contributed by atoms with Crippen LogP contribution < -0.4 is 4.90 Å². The number of rotatable bonds is 7. The molecule has 0 atom stereocenters. The van der Waals surface area contributed by atoms with Crippen LogP contribution in [0.1, 0.15) is 60.2 Å². The molecular formula is C23H17N3O10S. The van der Waals surface area contributed by atoms with Crippen LogP contribution in [0.4, 0.5) is 16.4 Å². The van der Waals surface area contributed by atoms with Gasteiger partial charge in [0, 0.05) is 29.7 Å². The van der Waals surface area contributed by atoms with Gasteiger partial charge in [0.2, 0.25) is 0 Å². The lowest BCUT2D eigenvalue weighted by Gasteiger charge is -2.26. The molecule has 0 unspecified atom stereocenters. The molecule has 0 radical (unpaired) electrons. The zero-order valence-electron chi connectivity index (χ0n) is 19.6. The molecule has 37 heavy (non-hydrogen) atoms. The summed E-state index contributed by atoms with van der Waals surface area (Å²) < 4.78 is 10.1. The number of ether oxygens (including phenoxy) is 2. The van der Waals surface area contributed by atoms with E-state index in [0.717, 1.165) is 24.3 Å². The number of nitro benzene ring substituents is 2. The third-order valence-corrected chi connectivity index (χ3v) is 6.84. The first kappa shape index (κ1) is 25.4. The lowest BCUT2D eigenvalue weighted by atomic mass is 9.92. The lowest BCUT2D eigenvalue weighted by Crippen LogP contribution is -2.41. The Balaban J connectivity index is 2.03. The van der Waals surface area contributed by atoms with Crippen LogP contribution >= 0.6 is 11.3 Å². The summed E-state index contributed by atoms with van der Waals surface area (Å²) in [5.41, 5.74) is -1.74. The monoisotopic (exact) mass is 527 g/mol. The fourth-order valence-electron chi connectivity index (χ4n) is 4.04. The standard InChI is InChI=1S/C23H17N3O10S/c1-4-35-22(29)16-10(3)18(23(30)36-5-2)37-21(16)24-19(27)14-8-12(25(31)32)6-11-7-13(26(33)34)9-15(17(11)14)20(24)28/h6-9H,4-5H2,1-3H3. The van der Waals surface area contributed by atoms with Crippen molar-refractivity contribution in [2.75, 3.05) is 18.1 Å². The summed E-state index contributed by atoms with van der Waals surface area (Å²) in [4.78, 5) is 74.7. The van der Waals surface area contributed by atoms with Gasteiger partial charge in [-0.05, 0) is 31.7 Å². The van der Waals surface area contributed by atoms with Crippen molar-refractivity contribution in [2.24, 2.45) is 0 Å². The Kier molecular flexibility index (Phi) is 6.44. The molecule has 0 saturated carbocycles. The van der Waals surface area contributed by atoms with Gasteiger partial charge < -0.3 is 9.47 Å². The van der Waals surface area contributed by atoms with Crippen LogP contribution in [-0.2, 0) is 9.47 Å². The number of thiophene rings is 1. The van der Waals surface area contributed by atoms with E-state index in [4.69, 9.17) is 9.47 Å². The van der Waals surface area contributed by atoms with Crippen LogP contribution in [-0.4, -0.2) is 46.8 Å². The quantitative estimate of drug-likeness (QED) is 0.187. The number of nitrogens with zero attached hydrogens (tertiary/aromatic N) is 3. The maximum absolute atomic E-state index is 13.6. The zero-order valence-corrected chi connectivity index (χ0v) is 20.4. The summed E-state index contributed by atoms with van der Waals surface area (Å²) in [6, 6.07) is 3.97. The average Bonchev–Trinajstić information content (AvgIpc) is 3.18. The minimum atomic E-state index is -1.01. The maximum Gasteiger partial charge on any atom is 0.348 e. The molecule has 4 rings (SSSR count). The van der Waals surface area contributed by atoms with Crippen LogP contribution in [0, 0.1) is 27.2 Å². The molecule has 2 amide bonds. The summed E-state index contributed by atoms with van der Waals surface area (Å²) in [5.74, 6) is -3.74. The van der Waals surface area contributed by atoms with Gasteiger partial charge in [-0.3, -0.25) is 29.8 Å². The number of hydrogen-bond donors (Lipinski definition) is 0. The first-order chi connectivity index (χ1) is 17.5. The van der Waals surface area contributed by atoms with Gasteiger partial charge in [0.25, 0.3) is 23.2 Å². The number of hydrogen-bond acceptors (Lipinski definition) is 11. The summed E-state index contributed by atoms with van der Waals surface area (Å²) in [6.45, 7) is 4.50. The fraction of sp³-hybridized carbons (Fsp3) is 0.217. The zero-order chi connectivity index (χ0) is 27.2. The molecule has 0 saturated heterocycles. The molecular weight excluding hydrogens is 510 g/mol. The lowest BCUT2D eigenvalue weighted by molar-refractivity contribution is -0.385. The Morgan fingerprint density at radius 3 is 1.84 bits per heavy atom. The number of esters is 2. The second kappa shape index (κ2) is 9.39. The molecule has 0 spiro atoms. The number of anilines is 1. The van der Waals surface area contributed by atoms with E-state index in [-0.39, 0.29) is 56.1 Å². The predicted molar refractivity (Wildman–Crippen MR) is 129 cm³/mol. The van der Waals surface area contributed by atoms with Crippen molar-refractivity contribution in [3.8, 4) is 0 Å². The van der Waals surface area contributed by atoms with E-state index in [1.54, 1.807) is 6.92 Å². The summed E-state index contributed by atoms with van der Waals surface area (Å²) in [7, 11) is 0. The SMILES string of the molecule is CCOC(=O)c1sc(N2C(=O)c3cc([N+](=O)[O-])cc4cc([N+](=O)[O-])cc(c34)C2=O)c(C(=O)OCC)c1C. The predicted octanol–water partition coefficient (Wildman–Crippen LogP) is 4.18. The van der Waals surface area contributed by atoms with E-state index in [1.165, 1.54) is 13.8 Å². The number of amides is 2. The highest BCUT2D eigenvalue weighted by Crippen LogP contribution is 2.43. The van der Waals surface area contributed by atoms with Gasteiger partial charge >= 0.3 is 11.9 Å². The smallest absolute Gasteiger partial charge is 0.348 e. The van der Waals surface area contributed by atoms with E-state index >= 15 is 0 Å². The highest BCUT2D eigenvalue weighted by Gasteiger charge is 2.41. The molecule has 0 fully saturated rings. The Morgan fingerprint density at radius 2 is 1.38 bits per heavy atom. The van der Waals surface area contributed by atoms with Crippen molar-refractivity contribution in [3.63, 3.8) is 0 Å². The Labute approximate surface area is 211 Å². The molecule has 0 bridgehead atoms. The van der Waals surface area contributed by atoms with Gasteiger partial charge in [-0.15, -0.1) is 11.3 Å². The third kappa shape index (κ3) is 4.06. The van der Waals surface area contributed by atoms with Crippen molar-refractivity contribution in [1.29, 1.82) is 0 Å². The van der Waals surface area contributed by atoms with Crippen LogP contribution in [0.15, 0.2) is 24.3 Å². The fourth-order valence-corrected chi connectivity index (χ4v) is 5.23. The molecule has 1 aromatic heterocycles. The largest absolute Gasteiger partial charge is 0.462 e. The van der Waals surface area contributed by atoms with E-state index in [9.17, 15) is 39.4 Å². The number of carbonyl (C=O) groups excluding carboxylic acids is 4. The molecule has 0 aliphatic carbocycles. The highest BCUT2D eigenvalue weighted by atomic mass is 32.1. The van der Waals surface area contributed by atoms with E-state index < -0.39 is 45.0 Å². The molecule has 1 aliphatic rings. The summed E-state index contributed by atoms with van der Waals surface area (Å²) in [6.07, 6.45) is 0. The normalized spacial score (nSPS) is 12.6. The summed E-state index contributed by atoms with van der Waals surface area (Å²) >= 11 is 0.629. The maximum atomic E-state index is 13.6. The van der Waals surface area contributed by atoms with Crippen molar-refractivity contribution in [2.45, 2.75) is 20.8 Å². The van der Waals surface area contributed by atoms with E-state index in [1.807, 2.05) is 0 Å². The van der Waals surface area contributed by atoms with Gasteiger partial charge in [0.1, 0.15) is 9.88 Å². The summed E-state index contributed by atoms with van der Waals surface area (Å²) in [5, 5.41) is 22.7. The van der Waals surface area contributed by atoms with Gasteiger partial charge in [0.05, 0.1) is 39.8 Å². The molecule has 2 aromatic carbocycles. The molecule has 190 valence electrons. The van der Waals surface area contributed by atoms with Crippen molar-refractivity contribution in [1.82, 2.24) is 0 Å². The van der Waals surface area contributed by atoms with Gasteiger partial charge in [0.15, 0.2) is 0 Å². The van der Waals surface area contributed by atoms with Gasteiger partial charge in [-0.2, -0.15) is 0 Å². The van der Waals surface area contributed by atoms with E-state index in [2.05, 4.69) is 0 Å². The molecule has 2 heterocycles. The van der Waals surface area contributed by atoms with Crippen LogP contribution in [0.5, 0.6) is 0 Å². The van der Waals surface area contributed by atoms with Gasteiger partial charge in [-0.25, -0.2) is 14.5 Å². The highest BCUT2D eigenvalue weighted by molar-refractivity contribution is 7.19. The number of nitro groups is 2. The molecule has 3 aromatic rings. The van der Waals surface area contributed by atoms with Crippen molar-refractivity contribution >= 4 is 62.2 Å². The van der Waals surface area contributed by atoms with Gasteiger partial charge in [-0.1, -0.05) is 0 Å². The Morgan fingerprint density at radius 1 is 0.892 bits per heavy atom. The number of carbonyl (C=O) groups is 4. The Bertz CT molecular complexity index is 1490. The first-order valence-corrected chi connectivity index (χ1v) is 11.6. The number of benzene rings is 2. The van der Waals surface area contributed by atoms with E-state index in [0.29, 0.717) is 16.2 Å². The van der Waals surface area contributed by atoms with Crippen molar-refractivity contribution < 1.29 is 38.5 Å². The van der Waals surface area contributed by atoms with Crippen LogP contribution in [0.2, 0.25) is 0 Å². The number of non-ortho nitro benzene ring substituents is 2. The number of imide groups is 1. The molecule has 0 N–H and O–H groups in total. The molecule has 13 nitrogen and oxygen atoms in total. The molecule has 14 heteroatoms. The third-order valence-electron chi connectivity index (χ3n) is 5.58. The molecule has 1 aliphatic heterocycles. The minimum absolute atomic E-state index is 0.000899. The van der Waals surface area contributed by atoms with Crippen molar-refractivity contribution in [3.05, 3.63) is 71.6 Å². The van der Waals surface area contributed by atoms with Crippen LogP contribution in [0.3, 0.4) is 0 Å². The average molecular weight is 527 g/mol. The van der Waals surface area contributed by atoms with Crippen LogP contribution in [0.25, 0.3) is 10.8 Å². The minimum Gasteiger partial charge on any atom is -0.462 e. The second-order valence-corrected chi connectivity index (χ2v) is 8.72. The topological polar surface area (TPSA) is 176 Å². The first-order valence-electron chi connectivity index (χ1n) is 10.8.